The number of nitriles is 1. The fraction of sp³-hybridized carbons (Fsp3) is 0.111. The predicted octanol–water partition coefficient (Wildman–Crippen LogP) is 0.975. The molecule has 84 valence electrons. The number of anilines is 1. The molecule has 1 amide bonds. The van der Waals surface area contributed by atoms with Crippen molar-refractivity contribution >= 4 is 22.9 Å². The van der Waals surface area contributed by atoms with Crippen LogP contribution in [0.5, 0.6) is 0 Å². The lowest BCUT2D eigenvalue weighted by molar-refractivity contribution is 0.187. The minimum absolute atomic E-state index is 0.0396. The summed E-state index contributed by atoms with van der Waals surface area (Å²) < 4.78 is 25.8. The van der Waals surface area contributed by atoms with Crippen LogP contribution in [0, 0.1) is 11.3 Å². The van der Waals surface area contributed by atoms with Crippen LogP contribution in [0.2, 0.25) is 0 Å². The van der Waals surface area contributed by atoms with E-state index in [1.54, 1.807) is 6.07 Å². The molecule has 0 aliphatic carbocycles. The number of benzene rings is 1. The highest BCUT2D eigenvalue weighted by Crippen LogP contribution is 2.17. The van der Waals surface area contributed by atoms with Gasteiger partial charge in [-0.25, -0.2) is 4.79 Å². The van der Waals surface area contributed by atoms with Gasteiger partial charge in [-0.1, -0.05) is 0 Å². The van der Waals surface area contributed by atoms with Crippen LogP contribution < -0.4 is 5.32 Å². The Morgan fingerprint density at radius 3 is 2.81 bits per heavy atom. The van der Waals surface area contributed by atoms with Crippen molar-refractivity contribution in [3.05, 3.63) is 23.8 Å². The Balaban J connectivity index is 3.06. The normalized spacial score (nSPS) is 11.3. The summed E-state index contributed by atoms with van der Waals surface area (Å²) >= 11 is -2.48. The Morgan fingerprint density at radius 2 is 2.31 bits per heavy atom. The van der Waals surface area contributed by atoms with Gasteiger partial charge >= 0.3 is 6.09 Å². The van der Waals surface area contributed by atoms with Crippen molar-refractivity contribution < 1.29 is 18.3 Å². The van der Waals surface area contributed by atoms with Gasteiger partial charge in [-0.15, -0.1) is 0 Å². The highest BCUT2D eigenvalue weighted by molar-refractivity contribution is 7.79. The van der Waals surface area contributed by atoms with Crippen molar-refractivity contribution in [2.45, 2.75) is 4.90 Å². The first-order valence-corrected chi connectivity index (χ1v) is 5.14. The first-order chi connectivity index (χ1) is 7.58. The van der Waals surface area contributed by atoms with E-state index in [4.69, 9.17) is 5.26 Å². The van der Waals surface area contributed by atoms with E-state index in [1.807, 2.05) is 0 Å². The maximum absolute atomic E-state index is 10.9. The van der Waals surface area contributed by atoms with E-state index in [0.717, 1.165) is 0 Å². The van der Waals surface area contributed by atoms with E-state index >= 15 is 0 Å². The van der Waals surface area contributed by atoms with Crippen LogP contribution >= 0.6 is 0 Å². The molecule has 0 aromatic heterocycles. The highest BCUT2D eigenvalue weighted by atomic mass is 32.2. The molecule has 0 spiro atoms. The molecule has 0 heterocycles. The standard InChI is InChI=1S/C9H8N2O4S/c1-15-9(12)11-7-2-3-8(16(13)14)6(4-7)5-10/h2-4H,1H3,(H,11,12)(H,13,14)/p-1. The lowest BCUT2D eigenvalue weighted by atomic mass is 10.2. The molecule has 1 aromatic rings. The Kier molecular flexibility index (Phi) is 3.99. The summed E-state index contributed by atoms with van der Waals surface area (Å²) in [6, 6.07) is 5.57. The average Bonchev–Trinajstić information content (AvgIpc) is 2.28. The lowest BCUT2D eigenvalue weighted by Crippen LogP contribution is -2.11. The number of carbonyl (C=O) groups excluding carboxylic acids is 1. The fourth-order valence-corrected chi connectivity index (χ4v) is 1.47. The van der Waals surface area contributed by atoms with E-state index in [0.29, 0.717) is 0 Å². The third-order valence-corrected chi connectivity index (χ3v) is 2.43. The van der Waals surface area contributed by atoms with Gasteiger partial charge in [0, 0.05) is 10.6 Å². The molecule has 0 aliphatic heterocycles. The molecule has 0 saturated carbocycles. The van der Waals surface area contributed by atoms with Crippen molar-refractivity contribution in [2.24, 2.45) is 0 Å². The van der Waals surface area contributed by atoms with E-state index in [2.05, 4.69) is 10.1 Å². The van der Waals surface area contributed by atoms with Gasteiger partial charge in [-0.05, 0) is 29.3 Å². The van der Waals surface area contributed by atoms with Gasteiger partial charge in [0.05, 0.1) is 12.7 Å². The SMILES string of the molecule is COC(=O)Nc1ccc(S(=O)[O-])c(C#N)c1. The van der Waals surface area contributed by atoms with E-state index in [-0.39, 0.29) is 16.1 Å². The second kappa shape index (κ2) is 5.25. The molecule has 0 radical (unpaired) electrons. The molecule has 6 nitrogen and oxygen atoms in total. The number of nitrogens with one attached hydrogen (secondary N) is 1. The number of hydrogen-bond donors (Lipinski definition) is 1. The average molecular weight is 239 g/mol. The molecule has 1 unspecified atom stereocenters. The Bertz CT molecular complexity index is 481. The molecule has 0 aliphatic rings. The van der Waals surface area contributed by atoms with Crippen molar-refractivity contribution in [1.29, 1.82) is 5.26 Å². The summed E-state index contributed by atoms with van der Waals surface area (Å²) in [5, 5.41) is 11.0. The van der Waals surface area contributed by atoms with Gasteiger partial charge < -0.3 is 9.29 Å². The summed E-state index contributed by atoms with van der Waals surface area (Å²) in [6.45, 7) is 0. The zero-order valence-electron chi connectivity index (χ0n) is 8.22. The van der Waals surface area contributed by atoms with Crippen LogP contribution in [-0.4, -0.2) is 22.0 Å². The first-order valence-electron chi connectivity index (χ1n) is 4.07. The highest BCUT2D eigenvalue weighted by Gasteiger charge is 2.06. The van der Waals surface area contributed by atoms with Crippen LogP contribution in [0.1, 0.15) is 5.56 Å². The molecule has 0 saturated heterocycles. The molecule has 7 heteroatoms. The van der Waals surface area contributed by atoms with Gasteiger partial charge in [0.2, 0.25) is 0 Å². The molecule has 1 rings (SSSR count). The zero-order valence-corrected chi connectivity index (χ0v) is 9.04. The summed E-state index contributed by atoms with van der Waals surface area (Å²) in [6.07, 6.45) is -0.695. The molecule has 1 aromatic carbocycles. The molecule has 0 bridgehead atoms. The van der Waals surface area contributed by atoms with Crippen molar-refractivity contribution in [2.75, 3.05) is 12.4 Å². The minimum atomic E-state index is -2.48. The second-order valence-electron chi connectivity index (χ2n) is 2.67. The second-order valence-corrected chi connectivity index (χ2v) is 3.58. The molecular weight excluding hydrogens is 232 g/mol. The zero-order chi connectivity index (χ0) is 12.1. The molecule has 16 heavy (non-hydrogen) atoms. The summed E-state index contributed by atoms with van der Waals surface area (Å²) in [5.41, 5.74) is 0.250. The maximum atomic E-state index is 10.9. The summed E-state index contributed by atoms with van der Waals surface area (Å²) in [7, 11) is 1.20. The van der Waals surface area contributed by atoms with Crippen molar-refractivity contribution in [3.63, 3.8) is 0 Å². The number of hydrogen-bond acceptors (Lipinski definition) is 5. The van der Waals surface area contributed by atoms with E-state index in [9.17, 15) is 13.6 Å². The van der Waals surface area contributed by atoms with Crippen molar-refractivity contribution in [3.8, 4) is 6.07 Å². The van der Waals surface area contributed by atoms with Crippen LogP contribution in [0.25, 0.3) is 0 Å². The van der Waals surface area contributed by atoms with Gasteiger partial charge in [0.1, 0.15) is 6.07 Å². The maximum Gasteiger partial charge on any atom is 0.411 e. The Hall–Kier alpha value is -1.91. The smallest absolute Gasteiger partial charge is 0.411 e. The van der Waals surface area contributed by atoms with Gasteiger partial charge in [-0.3, -0.25) is 9.53 Å². The summed E-state index contributed by atoms with van der Waals surface area (Å²) in [4.78, 5) is 10.7. The Morgan fingerprint density at radius 1 is 1.62 bits per heavy atom. The predicted molar refractivity (Wildman–Crippen MR) is 54.4 cm³/mol. The van der Waals surface area contributed by atoms with Gasteiger partial charge in [0.25, 0.3) is 0 Å². The van der Waals surface area contributed by atoms with Crippen LogP contribution in [0.4, 0.5) is 10.5 Å². The molecule has 1 atom stereocenters. The number of carbonyl (C=O) groups is 1. The van der Waals surface area contributed by atoms with E-state index < -0.39 is 17.2 Å². The molecular formula is C9H7N2O4S-. The molecule has 0 fully saturated rings. The monoisotopic (exact) mass is 239 g/mol. The quantitative estimate of drug-likeness (QED) is 0.775. The largest absolute Gasteiger partial charge is 0.768 e. The van der Waals surface area contributed by atoms with Crippen LogP contribution in [0.15, 0.2) is 23.1 Å². The van der Waals surface area contributed by atoms with Gasteiger partial charge in [-0.2, -0.15) is 5.26 Å². The number of ether oxygens (including phenoxy) is 1. The van der Waals surface area contributed by atoms with E-state index in [1.165, 1.54) is 25.3 Å². The molecule has 1 N–H and O–H groups in total. The minimum Gasteiger partial charge on any atom is -0.768 e. The van der Waals surface area contributed by atoms with Crippen LogP contribution in [-0.2, 0) is 15.8 Å². The Labute approximate surface area is 94.1 Å². The van der Waals surface area contributed by atoms with Crippen LogP contribution in [0.3, 0.4) is 0 Å². The third-order valence-electron chi connectivity index (χ3n) is 1.71. The third kappa shape index (κ3) is 2.79. The number of amides is 1. The van der Waals surface area contributed by atoms with Crippen molar-refractivity contribution in [1.82, 2.24) is 0 Å². The fourth-order valence-electron chi connectivity index (χ4n) is 1.01. The number of nitrogens with zero attached hydrogens (tertiary/aromatic N) is 1. The topological polar surface area (TPSA) is 102 Å². The first kappa shape index (κ1) is 12.2. The lowest BCUT2D eigenvalue weighted by Gasteiger charge is -2.09. The summed E-state index contributed by atoms with van der Waals surface area (Å²) in [5.74, 6) is 0. The number of rotatable bonds is 2. The number of methoxy groups -OCH3 is 1. The van der Waals surface area contributed by atoms with Gasteiger partial charge in [0.15, 0.2) is 0 Å².